The molecule has 22 heavy (non-hydrogen) atoms. The van der Waals surface area contributed by atoms with E-state index in [1.807, 2.05) is 45.9 Å². The summed E-state index contributed by atoms with van der Waals surface area (Å²) < 4.78 is 17.0. The van der Waals surface area contributed by atoms with Gasteiger partial charge in [0.25, 0.3) is 0 Å². The van der Waals surface area contributed by atoms with Crippen molar-refractivity contribution in [2.45, 2.75) is 38.9 Å². The van der Waals surface area contributed by atoms with Gasteiger partial charge in [-0.1, -0.05) is 6.07 Å². The Bertz CT molecular complexity index is 565. The van der Waals surface area contributed by atoms with Crippen LogP contribution in [0.5, 0.6) is 0 Å². The number of rotatable bonds is 5. The summed E-state index contributed by atoms with van der Waals surface area (Å²) >= 11 is 0. The van der Waals surface area contributed by atoms with Crippen LogP contribution < -0.4 is 10.8 Å². The summed E-state index contributed by atoms with van der Waals surface area (Å²) in [5, 5.41) is 12.5. The third-order valence-corrected chi connectivity index (χ3v) is 4.31. The molecule has 0 radical (unpaired) electrons. The maximum Gasteiger partial charge on any atom is 0.494 e. The van der Waals surface area contributed by atoms with Crippen molar-refractivity contribution < 1.29 is 14.0 Å². The predicted molar refractivity (Wildman–Crippen MR) is 87.2 cm³/mol. The molecule has 1 saturated heterocycles. The van der Waals surface area contributed by atoms with Crippen LogP contribution in [-0.2, 0) is 14.0 Å². The van der Waals surface area contributed by atoms with E-state index >= 15 is 0 Å². The van der Waals surface area contributed by atoms with Crippen molar-refractivity contribution in [1.82, 2.24) is 0 Å². The summed E-state index contributed by atoms with van der Waals surface area (Å²) in [7, 11) is 1.19. The molecule has 1 N–H and O–H groups in total. The molecule has 0 spiro atoms. The molecule has 1 aromatic rings. The molecule has 2 rings (SSSR count). The molecular formula is C16H23BN2O3. The topological polar surface area (TPSA) is 63.5 Å². The van der Waals surface area contributed by atoms with Gasteiger partial charge in [0.2, 0.25) is 0 Å². The van der Waals surface area contributed by atoms with E-state index in [4.69, 9.17) is 14.0 Å². The SMILES string of the molecule is COCCNc1ccc(B2OC(C)(C)C(C)(C)O2)cc1C#N. The molecule has 0 aliphatic carbocycles. The highest BCUT2D eigenvalue weighted by Crippen LogP contribution is 2.36. The monoisotopic (exact) mass is 302 g/mol. The first-order valence-corrected chi connectivity index (χ1v) is 7.43. The second-order valence-electron chi connectivity index (χ2n) is 6.42. The van der Waals surface area contributed by atoms with Crippen LogP contribution >= 0.6 is 0 Å². The lowest BCUT2D eigenvalue weighted by atomic mass is 9.78. The molecule has 1 aliphatic heterocycles. The van der Waals surface area contributed by atoms with E-state index in [1.54, 1.807) is 7.11 Å². The van der Waals surface area contributed by atoms with E-state index in [0.717, 1.165) is 11.2 Å². The van der Waals surface area contributed by atoms with Crippen molar-refractivity contribution in [2.24, 2.45) is 0 Å². The summed E-state index contributed by atoms with van der Waals surface area (Å²) in [6, 6.07) is 7.84. The van der Waals surface area contributed by atoms with Crippen molar-refractivity contribution in [3.8, 4) is 6.07 Å². The molecule has 0 unspecified atom stereocenters. The number of ether oxygens (including phenoxy) is 1. The van der Waals surface area contributed by atoms with Gasteiger partial charge < -0.3 is 19.4 Å². The Kier molecular flexibility index (Phi) is 4.81. The smallest absolute Gasteiger partial charge is 0.399 e. The first kappa shape index (κ1) is 16.8. The van der Waals surface area contributed by atoms with Gasteiger partial charge >= 0.3 is 7.12 Å². The molecule has 1 heterocycles. The third-order valence-electron chi connectivity index (χ3n) is 4.31. The van der Waals surface area contributed by atoms with Crippen molar-refractivity contribution in [2.75, 3.05) is 25.6 Å². The van der Waals surface area contributed by atoms with Gasteiger partial charge in [-0.2, -0.15) is 5.26 Å². The highest BCUT2D eigenvalue weighted by molar-refractivity contribution is 6.62. The van der Waals surface area contributed by atoms with Gasteiger partial charge in [0.05, 0.1) is 29.1 Å². The van der Waals surface area contributed by atoms with Gasteiger partial charge in [-0.3, -0.25) is 0 Å². The predicted octanol–water partition coefficient (Wildman–Crippen LogP) is 1.92. The summed E-state index contributed by atoms with van der Waals surface area (Å²) in [5.41, 5.74) is 1.44. The Balaban J connectivity index is 2.19. The lowest BCUT2D eigenvalue weighted by Gasteiger charge is -2.32. The zero-order valence-corrected chi connectivity index (χ0v) is 13.9. The van der Waals surface area contributed by atoms with Crippen LogP contribution in [0.1, 0.15) is 33.3 Å². The Labute approximate surface area is 132 Å². The average Bonchev–Trinajstić information content (AvgIpc) is 2.68. The zero-order valence-electron chi connectivity index (χ0n) is 13.9. The first-order chi connectivity index (χ1) is 10.3. The maximum absolute atomic E-state index is 9.34. The third kappa shape index (κ3) is 3.27. The molecule has 0 aromatic heterocycles. The van der Waals surface area contributed by atoms with Gasteiger partial charge in [0, 0.05) is 13.7 Å². The first-order valence-electron chi connectivity index (χ1n) is 7.43. The summed E-state index contributed by atoms with van der Waals surface area (Å²) in [4.78, 5) is 0. The normalized spacial score (nSPS) is 19.0. The number of nitrogens with one attached hydrogen (secondary N) is 1. The van der Waals surface area contributed by atoms with Crippen LogP contribution in [-0.4, -0.2) is 38.6 Å². The second-order valence-corrected chi connectivity index (χ2v) is 6.42. The molecule has 1 aliphatic rings. The van der Waals surface area contributed by atoms with Crippen molar-refractivity contribution in [3.05, 3.63) is 23.8 Å². The number of benzene rings is 1. The van der Waals surface area contributed by atoms with Gasteiger partial charge in [-0.05, 0) is 45.3 Å². The van der Waals surface area contributed by atoms with Crippen LogP contribution in [0.2, 0.25) is 0 Å². The summed E-state index contributed by atoms with van der Waals surface area (Å²) in [6.07, 6.45) is 0. The number of hydrogen-bond acceptors (Lipinski definition) is 5. The minimum absolute atomic E-state index is 0.389. The fraction of sp³-hybridized carbons (Fsp3) is 0.562. The van der Waals surface area contributed by atoms with Crippen LogP contribution in [0.3, 0.4) is 0 Å². The highest BCUT2D eigenvalue weighted by atomic mass is 16.7. The number of nitrogens with zero attached hydrogens (tertiary/aromatic N) is 1. The molecule has 0 amide bonds. The summed E-state index contributed by atoms with van der Waals surface area (Å²) in [6.45, 7) is 9.29. The van der Waals surface area contributed by atoms with Crippen molar-refractivity contribution in [1.29, 1.82) is 5.26 Å². The molecule has 0 atom stereocenters. The Hall–Kier alpha value is -1.55. The zero-order chi connectivity index (χ0) is 16.4. The average molecular weight is 302 g/mol. The van der Waals surface area contributed by atoms with Crippen molar-refractivity contribution in [3.63, 3.8) is 0 Å². The summed E-state index contributed by atoms with van der Waals surface area (Å²) in [5.74, 6) is 0. The maximum atomic E-state index is 9.34. The van der Waals surface area contributed by atoms with E-state index in [9.17, 15) is 5.26 Å². The van der Waals surface area contributed by atoms with Gasteiger partial charge in [0.1, 0.15) is 6.07 Å². The lowest BCUT2D eigenvalue weighted by molar-refractivity contribution is 0.00578. The molecular weight excluding hydrogens is 279 g/mol. The minimum atomic E-state index is -0.454. The Morgan fingerprint density at radius 3 is 2.41 bits per heavy atom. The highest BCUT2D eigenvalue weighted by Gasteiger charge is 2.51. The van der Waals surface area contributed by atoms with Crippen LogP contribution in [0.15, 0.2) is 18.2 Å². The van der Waals surface area contributed by atoms with E-state index in [1.165, 1.54) is 0 Å². The minimum Gasteiger partial charge on any atom is -0.399 e. The van der Waals surface area contributed by atoms with Crippen LogP contribution in [0.25, 0.3) is 0 Å². The van der Waals surface area contributed by atoms with E-state index in [2.05, 4.69) is 11.4 Å². The van der Waals surface area contributed by atoms with Crippen molar-refractivity contribution >= 4 is 18.3 Å². The molecule has 6 heteroatoms. The number of hydrogen-bond donors (Lipinski definition) is 1. The lowest BCUT2D eigenvalue weighted by Crippen LogP contribution is -2.41. The Morgan fingerprint density at radius 2 is 1.86 bits per heavy atom. The van der Waals surface area contributed by atoms with E-state index in [0.29, 0.717) is 18.7 Å². The van der Waals surface area contributed by atoms with Crippen LogP contribution in [0, 0.1) is 11.3 Å². The fourth-order valence-electron chi connectivity index (χ4n) is 2.22. The molecule has 0 saturated carbocycles. The molecule has 5 nitrogen and oxygen atoms in total. The van der Waals surface area contributed by atoms with Gasteiger partial charge in [0.15, 0.2) is 0 Å². The molecule has 0 bridgehead atoms. The quantitative estimate of drug-likeness (QED) is 0.665. The molecule has 1 aromatic carbocycles. The van der Waals surface area contributed by atoms with Gasteiger partial charge in [-0.15, -0.1) is 0 Å². The van der Waals surface area contributed by atoms with E-state index in [-0.39, 0.29) is 11.2 Å². The number of methoxy groups -OCH3 is 1. The standard InChI is InChI=1S/C16H23BN2O3/c1-15(2)16(3,4)22-17(21-15)13-6-7-14(12(10-13)11-18)19-8-9-20-5/h6-7,10,19H,8-9H2,1-5H3. The Morgan fingerprint density at radius 1 is 1.23 bits per heavy atom. The van der Waals surface area contributed by atoms with Gasteiger partial charge in [-0.25, -0.2) is 0 Å². The molecule has 1 fully saturated rings. The number of anilines is 1. The van der Waals surface area contributed by atoms with E-state index < -0.39 is 7.12 Å². The largest absolute Gasteiger partial charge is 0.494 e. The number of nitriles is 1. The second kappa shape index (κ2) is 6.29. The molecule has 118 valence electrons. The fourth-order valence-corrected chi connectivity index (χ4v) is 2.22. The van der Waals surface area contributed by atoms with Crippen LogP contribution in [0.4, 0.5) is 5.69 Å².